The highest BCUT2D eigenvalue weighted by Crippen LogP contribution is 2.13. The van der Waals surface area contributed by atoms with Gasteiger partial charge in [-0.15, -0.1) is 0 Å². The third-order valence-electron chi connectivity index (χ3n) is 2.69. The van der Waals surface area contributed by atoms with Gasteiger partial charge >= 0.3 is 0 Å². The van der Waals surface area contributed by atoms with Gasteiger partial charge in [0.1, 0.15) is 0 Å². The van der Waals surface area contributed by atoms with Crippen LogP contribution in [-0.4, -0.2) is 30.4 Å². The van der Waals surface area contributed by atoms with Crippen LogP contribution >= 0.6 is 11.6 Å². The molecule has 1 rings (SSSR count). The molecule has 0 heterocycles. The first-order chi connectivity index (χ1) is 9.05. The third kappa shape index (κ3) is 5.73. The van der Waals surface area contributed by atoms with E-state index in [2.05, 4.69) is 11.4 Å². The minimum absolute atomic E-state index is 0.0803. The van der Waals surface area contributed by atoms with Crippen LogP contribution in [0.2, 0.25) is 5.02 Å². The van der Waals surface area contributed by atoms with E-state index in [1.54, 1.807) is 24.3 Å². The number of carbonyl (C=O) groups excluding carboxylic acids is 1. The number of anilines is 1. The van der Waals surface area contributed by atoms with Crippen LogP contribution in [0.1, 0.15) is 13.8 Å². The molecule has 1 aromatic carbocycles. The fraction of sp³-hybridized carbons (Fsp3) is 0.429. The van der Waals surface area contributed by atoms with Gasteiger partial charge in [-0.2, -0.15) is 5.26 Å². The first kappa shape index (κ1) is 15.5. The maximum atomic E-state index is 11.9. The molecular weight excluding hydrogens is 262 g/mol. The first-order valence-electron chi connectivity index (χ1n) is 6.22. The van der Waals surface area contributed by atoms with E-state index < -0.39 is 0 Å². The number of halogens is 1. The average Bonchev–Trinajstić information content (AvgIpc) is 2.40. The van der Waals surface area contributed by atoms with Crippen LogP contribution in [0.4, 0.5) is 5.69 Å². The van der Waals surface area contributed by atoms with Gasteiger partial charge in [0.2, 0.25) is 5.91 Å². The fourth-order valence-corrected chi connectivity index (χ4v) is 1.80. The molecular formula is C14H18ClN3O. The summed E-state index contributed by atoms with van der Waals surface area (Å²) < 4.78 is 0. The number of hydrogen-bond acceptors (Lipinski definition) is 3. The Hall–Kier alpha value is -1.57. The first-order valence-corrected chi connectivity index (χ1v) is 6.60. The van der Waals surface area contributed by atoms with E-state index in [9.17, 15) is 4.79 Å². The largest absolute Gasteiger partial charge is 0.325 e. The highest BCUT2D eigenvalue weighted by molar-refractivity contribution is 6.30. The van der Waals surface area contributed by atoms with Gasteiger partial charge in [0, 0.05) is 17.3 Å². The van der Waals surface area contributed by atoms with Crippen LogP contribution in [0.5, 0.6) is 0 Å². The predicted octanol–water partition coefficient (Wildman–Crippen LogP) is 2.76. The zero-order valence-corrected chi connectivity index (χ0v) is 11.9. The summed E-state index contributed by atoms with van der Waals surface area (Å²) in [6.07, 6.45) is 0. The lowest BCUT2D eigenvalue weighted by atomic mass is 10.2. The van der Waals surface area contributed by atoms with E-state index in [1.165, 1.54) is 0 Å². The fourth-order valence-electron chi connectivity index (χ4n) is 1.67. The normalized spacial score (nSPS) is 11.9. The molecule has 1 atom stereocenters. The molecule has 4 nitrogen and oxygen atoms in total. The van der Waals surface area contributed by atoms with Crippen LogP contribution in [0.15, 0.2) is 24.3 Å². The van der Waals surface area contributed by atoms with E-state index in [0.29, 0.717) is 11.6 Å². The van der Waals surface area contributed by atoms with Crippen molar-refractivity contribution < 1.29 is 4.79 Å². The highest BCUT2D eigenvalue weighted by atomic mass is 35.5. The van der Waals surface area contributed by atoms with E-state index in [-0.39, 0.29) is 18.4 Å². The Balaban J connectivity index is 2.49. The third-order valence-corrected chi connectivity index (χ3v) is 2.95. The molecule has 0 saturated heterocycles. The number of carbonyl (C=O) groups is 1. The smallest absolute Gasteiger partial charge is 0.238 e. The maximum Gasteiger partial charge on any atom is 0.238 e. The van der Waals surface area contributed by atoms with Crippen molar-refractivity contribution in [3.05, 3.63) is 29.3 Å². The van der Waals surface area contributed by atoms with Gasteiger partial charge in [-0.25, -0.2) is 0 Å². The molecule has 1 N–H and O–H groups in total. The van der Waals surface area contributed by atoms with Crippen molar-refractivity contribution in [3.63, 3.8) is 0 Å². The van der Waals surface area contributed by atoms with Crippen molar-refractivity contribution in [1.82, 2.24) is 4.90 Å². The molecule has 19 heavy (non-hydrogen) atoms. The molecule has 102 valence electrons. The Bertz CT molecular complexity index is 453. The lowest BCUT2D eigenvalue weighted by Gasteiger charge is -2.20. The summed E-state index contributed by atoms with van der Waals surface area (Å²) in [5.41, 5.74) is 0.721. The number of nitriles is 1. The summed E-state index contributed by atoms with van der Waals surface area (Å²) in [5.74, 6) is -0.169. The van der Waals surface area contributed by atoms with Gasteiger partial charge in [-0.1, -0.05) is 18.5 Å². The van der Waals surface area contributed by atoms with Crippen molar-refractivity contribution >= 4 is 23.2 Å². The number of amides is 1. The molecule has 0 spiro atoms. The Labute approximate surface area is 119 Å². The standard InChI is InChI=1S/C14H18ClN3O/c1-3-18(9-11(2)8-16)10-14(19)17-13-6-4-12(15)5-7-13/h4-7,11H,3,9-10H2,1-2H3,(H,17,19). The molecule has 0 aliphatic heterocycles. The number of nitrogens with zero attached hydrogens (tertiary/aromatic N) is 2. The van der Waals surface area contributed by atoms with Crippen molar-refractivity contribution in [2.75, 3.05) is 25.0 Å². The Morgan fingerprint density at radius 2 is 2.11 bits per heavy atom. The summed E-state index contributed by atoms with van der Waals surface area (Å²) in [6.45, 7) is 5.44. The molecule has 0 radical (unpaired) electrons. The average molecular weight is 280 g/mol. The van der Waals surface area contributed by atoms with E-state index in [0.717, 1.165) is 12.2 Å². The second kappa shape index (κ2) is 7.78. The van der Waals surface area contributed by atoms with Crippen molar-refractivity contribution in [3.8, 4) is 6.07 Å². The second-order valence-electron chi connectivity index (χ2n) is 4.41. The summed E-state index contributed by atoms with van der Waals surface area (Å²) in [7, 11) is 0. The molecule has 0 saturated carbocycles. The van der Waals surface area contributed by atoms with Crippen molar-refractivity contribution in [2.45, 2.75) is 13.8 Å². The van der Waals surface area contributed by atoms with Crippen molar-refractivity contribution in [1.29, 1.82) is 5.26 Å². The number of rotatable bonds is 6. The van der Waals surface area contributed by atoms with Crippen LogP contribution in [-0.2, 0) is 4.79 Å². The molecule has 0 bridgehead atoms. The van der Waals surface area contributed by atoms with Gasteiger partial charge in [0.25, 0.3) is 0 Å². The van der Waals surface area contributed by atoms with Gasteiger partial charge in [0.15, 0.2) is 0 Å². The highest BCUT2D eigenvalue weighted by Gasteiger charge is 2.12. The summed E-state index contributed by atoms with van der Waals surface area (Å²) in [4.78, 5) is 13.8. The minimum atomic E-state index is -0.0886. The SMILES string of the molecule is CCN(CC(=O)Nc1ccc(Cl)cc1)CC(C)C#N. The lowest BCUT2D eigenvalue weighted by molar-refractivity contribution is -0.117. The maximum absolute atomic E-state index is 11.9. The predicted molar refractivity (Wildman–Crippen MR) is 77.0 cm³/mol. The quantitative estimate of drug-likeness (QED) is 0.871. The number of nitrogens with one attached hydrogen (secondary N) is 1. The number of benzene rings is 1. The van der Waals surface area contributed by atoms with Crippen LogP contribution in [0, 0.1) is 17.2 Å². The van der Waals surface area contributed by atoms with Gasteiger partial charge in [0.05, 0.1) is 18.5 Å². The molecule has 0 fully saturated rings. The monoisotopic (exact) mass is 279 g/mol. The number of likely N-dealkylation sites (N-methyl/N-ethyl adjacent to an activating group) is 1. The molecule has 1 unspecified atom stereocenters. The Morgan fingerprint density at radius 1 is 1.47 bits per heavy atom. The van der Waals surface area contributed by atoms with Gasteiger partial charge < -0.3 is 5.32 Å². The van der Waals surface area contributed by atoms with Crippen LogP contribution in [0.25, 0.3) is 0 Å². The van der Waals surface area contributed by atoms with E-state index in [4.69, 9.17) is 16.9 Å². The molecule has 0 aliphatic rings. The molecule has 0 aliphatic carbocycles. The molecule has 0 aromatic heterocycles. The van der Waals surface area contributed by atoms with E-state index >= 15 is 0 Å². The second-order valence-corrected chi connectivity index (χ2v) is 4.85. The minimum Gasteiger partial charge on any atom is -0.325 e. The van der Waals surface area contributed by atoms with Crippen molar-refractivity contribution in [2.24, 2.45) is 5.92 Å². The number of hydrogen-bond donors (Lipinski definition) is 1. The zero-order chi connectivity index (χ0) is 14.3. The van der Waals surface area contributed by atoms with Crippen LogP contribution in [0.3, 0.4) is 0 Å². The Morgan fingerprint density at radius 3 is 2.63 bits per heavy atom. The van der Waals surface area contributed by atoms with Gasteiger partial charge in [-0.05, 0) is 37.7 Å². The van der Waals surface area contributed by atoms with Gasteiger partial charge in [-0.3, -0.25) is 9.69 Å². The Kier molecular flexibility index (Phi) is 6.34. The van der Waals surface area contributed by atoms with Crippen LogP contribution < -0.4 is 5.32 Å². The summed E-state index contributed by atoms with van der Waals surface area (Å²) >= 11 is 5.78. The molecule has 1 amide bonds. The zero-order valence-electron chi connectivity index (χ0n) is 11.2. The summed E-state index contributed by atoms with van der Waals surface area (Å²) in [6, 6.07) is 9.14. The molecule has 1 aromatic rings. The topological polar surface area (TPSA) is 56.1 Å². The van der Waals surface area contributed by atoms with E-state index in [1.807, 2.05) is 18.7 Å². The summed E-state index contributed by atoms with van der Waals surface area (Å²) in [5, 5.41) is 12.2. The molecule has 5 heteroatoms. The lowest BCUT2D eigenvalue weighted by Crippen LogP contribution is -2.35.